The van der Waals surface area contributed by atoms with E-state index in [0.717, 1.165) is 23.8 Å². The van der Waals surface area contributed by atoms with Crippen molar-refractivity contribution in [2.24, 2.45) is 14.1 Å². The Hall–Kier alpha value is -2.19. The van der Waals surface area contributed by atoms with Crippen LogP contribution >= 0.6 is 11.3 Å². The molecule has 2 aliphatic rings. The van der Waals surface area contributed by atoms with Gasteiger partial charge >= 0.3 is 5.69 Å². The molecule has 0 N–H and O–H groups in total. The van der Waals surface area contributed by atoms with E-state index in [0.29, 0.717) is 19.7 Å². The van der Waals surface area contributed by atoms with Crippen LogP contribution in [0.3, 0.4) is 0 Å². The van der Waals surface area contributed by atoms with Gasteiger partial charge in [-0.2, -0.15) is 0 Å². The lowest BCUT2D eigenvalue weighted by Crippen LogP contribution is -2.49. The van der Waals surface area contributed by atoms with E-state index in [9.17, 15) is 14.4 Å². The number of piperidine rings is 1. The number of hydrogen-bond donors (Lipinski definition) is 0. The Morgan fingerprint density at radius 3 is 2.65 bits per heavy atom. The van der Waals surface area contributed by atoms with E-state index in [-0.39, 0.29) is 17.2 Å². The molecule has 0 atom stereocenters. The van der Waals surface area contributed by atoms with Crippen LogP contribution in [-0.2, 0) is 30.9 Å². The van der Waals surface area contributed by atoms with Crippen LogP contribution in [0.4, 0.5) is 0 Å². The van der Waals surface area contributed by atoms with Gasteiger partial charge in [0.2, 0.25) is 0 Å². The third-order valence-corrected chi connectivity index (χ3v) is 6.66. The lowest BCUT2D eigenvalue weighted by atomic mass is 9.85. The second-order valence-electron chi connectivity index (χ2n) is 6.93. The number of hydrogen-bond acceptors (Lipinski definition) is 5. The maximum absolute atomic E-state index is 12.9. The zero-order chi connectivity index (χ0) is 18.5. The molecule has 0 unspecified atom stereocenters. The third-order valence-electron chi connectivity index (χ3n) is 5.51. The number of carbonyl (C=O) groups excluding carboxylic acids is 1. The summed E-state index contributed by atoms with van der Waals surface area (Å²) in [6, 6.07) is 3.40. The number of aromatic nitrogens is 2. The predicted molar refractivity (Wildman–Crippen MR) is 97.7 cm³/mol. The first-order valence-corrected chi connectivity index (χ1v) is 9.58. The largest absolute Gasteiger partial charge is 0.369 e. The van der Waals surface area contributed by atoms with Gasteiger partial charge in [0.15, 0.2) is 0 Å². The Bertz CT molecular complexity index is 979. The van der Waals surface area contributed by atoms with Gasteiger partial charge in [-0.3, -0.25) is 18.7 Å². The van der Waals surface area contributed by atoms with Gasteiger partial charge in [-0.05, 0) is 36.3 Å². The van der Waals surface area contributed by atoms with Crippen molar-refractivity contribution in [3.8, 4) is 0 Å². The van der Waals surface area contributed by atoms with Crippen LogP contribution in [0.1, 0.15) is 33.8 Å². The second-order valence-corrected chi connectivity index (χ2v) is 7.84. The molecule has 1 spiro atoms. The van der Waals surface area contributed by atoms with E-state index in [1.54, 1.807) is 16.2 Å². The Kier molecular flexibility index (Phi) is 4.11. The minimum Gasteiger partial charge on any atom is -0.369 e. The SMILES string of the molecule is Cn1c(C(=O)N2CCC3(CC2)OCCc2ccsc23)cc(=O)n(C)c1=O. The maximum atomic E-state index is 12.9. The fraction of sp³-hybridized carbons (Fsp3) is 0.500. The Labute approximate surface area is 154 Å². The normalized spacial score (nSPS) is 18.8. The molecule has 0 aromatic carbocycles. The van der Waals surface area contributed by atoms with Gasteiger partial charge in [0, 0.05) is 38.1 Å². The van der Waals surface area contributed by atoms with Crippen molar-refractivity contribution in [2.75, 3.05) is 19.7 Å². The molecule has 0 bridgehead atoms. The molecule has 4 heterocycles. The van der Waals surface area contributed by atoms with Crippen LogP contribution in [0.15, 0.2) is 27.1 Å². The van der Waals surface area contributed by atoms with Crippen molar-refractivity contribution in [3.63, 3.8) is 0 Å². The minimum atomic E-state index is -0.492. The quantitative estimate of drug-likeness (QED) is 0.741. The summed E-state index contributed by atoms with van der Waals surface area (Å²) in [4.78, 5) is 39.9. The van der Waals surface area contributed by atoms with Crippen LogP contribution < -0.4 is 11.2 Å². The average molecular weight is 375 g/mol. The highest BCUT2D eigenvalue weighted by Gasteiger charge is 2.42. The van der Waals surface area contributed by atoms with Crippen molar-refractivity contribution in [1.82, 2.24) is 14.0 Å². The highest BCUT2D eigenvalue weighted by molar-refractivity contribution is 7.10. The van der Waals surface area contributed by atoms with E-state index in [1.165, 1.54) is 35.2 Å². The number of thiophene rings is 1. The van der Waals surface area contributed by atoms with Crippen LogP contribution in [0.2, 0.25) is 0 Å². The predicted octanol–water partition coefficient (Wildman–Crippen LogP) is 0.850. The van der Waals surface area contributed by atoms with Crippen LogP contribution in [0, 0.1) is 0 Å². The van der Waals surface area contributed by atoms with E-state index in [2.05, 4.69) is 11.4 Å². The van der Waals surface area contributed by atoms with Crippen LogP contribution in [0.5, 0.6) is 0 Å². The van der Waals surface area contributed by atoms with Gasteiger partial charge in [-0.25, -0.2) is 4.79 Å². The zero-order valence-corrected chi connectivity index (χ0v) is 15.7. The summed E-state index contributed by atoms with van der Waals surface area (Å²) in [6.45, 7) is 1.79. The Balaban J connectivity index is 1.58. The molecule has 2 aromatic heterocycles. The monoisotopic (exact) mass is 375 g/mol. The molecule has 0 radical (unpaired) electrons. The summed E-state index contributed by atoms with van der Waals surface area (Å²) in [5.74, 6) is -0.278. The first-order chi connectivity index (χ1) is 12.4. The van der Waals surface area contributed by atoms with Crippen molar-refractivity contribution in [3.05, 3.63) is 54.5 Å². The standard InChI is InChI=1S/C18H21N3O4S/c1-19-13(11-14(22)20(2)17(19)24)16(23)21-7-5-18(6-8-21)15-12(3-9-25-18)4-10-26-15/h4,10-11H,3,5-9H2,1-2H3. The Morgan fingerprint density at radius 1 is 1.19 bits per heavy atom. The smallest absolute Gasteiger partial charge is 0.331 e. The first-order valence-electron chi connectivity index (χ1n) is 8.70. The zero-order valence-electron chi connectivity index (χ0n) is 14.9. The van der Waals surface area contributed by atoms with Crippen molar-refractivity contribution >= 4 is 17.2 Å². The molecule has 1 saturated heterocycles. The number of ether oxygens (including phenoxy) is 1. The van der Waals surface area contributed by atoms with E-state index < -0.39 is 11.2 Å². The molecule has 1 fully saturated rings. The molecule has 4 rings (SSSR count). The highest BCUT2D eigenvalue weighted by Crippen LogP contribution is 2.44. The van der Waals surface area contributed by atoms with E-state index >= 15 is 0 Å². The van der Waals surface area contributed by atoms with Gasteiger partial charge in [-0.1, -0.05) is 0 Å². The summed E-state index contributed by atoms with van der Waals surface area (Å²) >= 11 is 1.73. The van der Waals surface area contributed by atoms with Gasteiger partial charge < -0.3 is 9.64 Å². The van der Waals surface area contributed by atoms with E-state index in [1.807, 2.05) is 0 Å². The van der Waals surface area contributed by atoms with Crippen LogP contribution in [-0.4, -0.2) is 39.6 Å². The van der Waals surface area contributed by atoms with Gasteiger partial charge in [-0.15, -0.1) is 11.3 Å². The molecule has 8 heteroatoms. The first kappa shape index (κ1) is 17.2. The van der Waals surface area contributed by atoms with E-state index in [4.69, 9.17) is 4.74 Å². The number of rotatable bonds is 1. The summed E-state index contributed by atoms with van der Waals surface area (Å²) in [5, 5.41) is 2.11. The lowest BCUT2D eigenvalue weighted by molar-refractivity contribution is -0.0907. The summed E-state index contributed by atoms with van der Waals surface area (Å²) < 4.78 is 8.40. The molecule has 7 nitrogen and oxygen atoms in total. The van der Waals surface area contributed by atoms with Gasteiger partial charge in [0.05, 0.1) is 6.61 Å². The van der Waals surface area contributed by atoms with Crippen molar-refractivity contribution in [2.45, 2.75) is 24.9 Å². The molecular weight excluding hydrogens is 354 g/mol. The number of carbonyl (C=O) groups is 1. The number of amides is 1. The van der Waals surface area contributed by atoms with Crippen molar-refractivity contribution in [1.29, 1.82) is 0 Å². The molecule has 2 aromatic rings. The second kappa shape index (κ2) is 6.21. The third kappa shape index (κ3) is 2.55. The van der Waals surface area contributed by atoms with Gasteiger partial charge in [0.25, 0.3) is 11.5 Å². The molecule has 0 aliphatic carbocycles. The minimum absolute atomic E-state index is 0.135. The number of fused-ring (bicyclic) bond motifs is 2. The average Bonchev–Trinajstić information content (AvgIpc) is 3.14. The summed E-state index contributed by atoms with van der Waals surface area (Å²) in [5.41, 5.74) is 0.236. The van der Waals surface area contributed by atoms with Crippen molar-refractivity contribution < 1.29 is 9.53 Å². The molecule has 138 valence electrons. The Morgan fingerprint density at radius 2 is 1.92 bits per heavy atom. The maximum Gasteiger partial charge on any atom is 0.331 e. The van der Waals surface area contributed by atoms with Crippen LogP contribution in [0.25, 0.3) is 0 Å². The molecule has 2 aliphatic heterocycles. The summed E-state index contributed by atoms with van der Waals surface area (Å²) in [7, 11) is 2.92. The highest BCUT2D eigenvalue weighted by atomic mass is 32.1. The topological polar surface area (TPSA) is 73.5 Å². The van der Waals surface area contributed by atoms with Gasteiger partial charge in [0.1, 0.15) is 11.3 Å². The fourth-order valence-corrected chi connectivity index (χ4v) is 5.06. The molecular formula is C18H21N3O4S. The number of likely N-dealkylation sites (tertiary alicyclic amines) is 1. The number of nitrogens with zero attached hydrogens (tertiary/aromatic N) is 3. The molecule has 26 heavy (non-hydrogen) atoms. The molecule has 0 saturated carbocycles. The molecule has 1 amide bonds. The lowest BCUT2D eigenvalue weighted by Gasteiger charge is -2.43. The fourth-order valence-electron chi connectivity index (χ4n) is 3.90. The summed E-state index contributed by atoms with van der Waals surface area (Å²) in [6.07, 6.45) is 2.40.